The molecule has 0 amide bonds. The predicted molar refractivity (Wildman–Crippen MR) is 74.6 cm³/mol. The van der Waals surface area contributed by atoms with Gasteiger partial charge in [-0.3, -0.25) is 0 Å². The van der Waals surface area contributed by atoms with E-state index in [0.717, 1.165) is 12.1 Å². The molecule has 5 nitrogen and oxygen atoms in total. The molecule has 0 fully saturated rings. The molecule has 6 heteroatoms. The molecule has 0 unspecified atom stereocenters. The molecular formula is C14H19FN4O. The van der Waals surface area contributed by atoms with E-state index in [0.29, 0.717) is 30.9 Å². The van der Waals surface area contributed by atoms with Crippen LogP contribution in [0.1, 0.15) is 25.3 Å². The summed E-state index contributed by atoms with van der Waals surface area (Å²) >= 11 is 0. The third-order valence-electron chi connectivity index (χ3n) is 2.63. The van der Waals surface area contributed by atoms with Crippen LogP contribution in [-0.2, 0) is 13.1 Å². The Hall–Kier alpha value is -1.95. The van der Waals surface area contributed by atoms with E-state index >= 15 is 0 Å². The van der Waals surface area contributed by atoms with Gasteiger partial charge < -0.3 is 15.1 Å². The summed E-state index contributed by atoms with van der Waals surface area (Å²) in [5.41, 5.74) is 0.822. The summed E-state index contributed by atoms with van der Waals surface area (Å²) in [5.74, 6) is 0.851. The van der Waals surface area contributed by atoms with Crippen LogP contribution in [0.4, 0.5) is 10.4 Å². The molecule has 0 saturated carbocycles. The van der Waals surface area contributed by atoms with Gasteiger partial charge in [0.2, 0.25) is 5.89 Å². The molecule has 2 aromatic rings. The zero-order chi connectivity index (χ0) is 14.4. The maximum atomic E-state index is 13.0. The molecule has 0 saturated heterocycles. The maximum absolute atomic E-state index is 13.0. The fourth-order valence-electron chi connectivity index (χ4n) is 1.69. The van der Waals surface area contributed by atoms with Gasteiger partial charge in [-0.1, -0.05) is 31.1 Å². The summed E-state index contributed by atoms with van der Waals surface area (Å²) in [4.78, 5) is 0. The Kier molecular flexibility index (Phi) is 5.06. The van der Waals surface area contributed by atoms with Crippen LogP contribution < -0.4 is 10.6 Å². The lowest BCUT2D eigenvalue weighted by atomic mass is 10.2. The Labute approximate surface area is 117 Å². The van der Waals surface area contributed by atoms with Crippen LogP contribution in [0.5, 0.6) is 0 Å². The Morgan fingerprint density at radius 1 is 1.25 bits per heavy atom. The summed E-state index contributed by atoms with van der Waals surface area (Å²) in [6.07, 6.45) is 0. The van der Waals surface area contributed by atoms with Crippen LogP contribution in [-0.4, -0.2) is 16.7 Å². The van der Waals surface area contributed by atoms with Gasteiger partial charge in [0.15, 0.2) is 0 Å². The van der Waals surface area contributed by atoms with Crippen molar-refractivity contribution in [3.8, 4) is 0 Å². The van der Waals surface area contributed by atoms with Crippen LogP contribution in [0, 0.1) is 11.7 Å². The first kappa shape index (κ1) is 14.5. The molecule has 0 radical (unpaired) electrons. The number of aromatic nitrogens is 2. The summed E-state index contributed by atoms with van der Waals surface area (Å²) in [7, 11) is 0. The fraction of sp³-hybridized carbons (Fsp3) is 0.429. The van der Waals surface area contributed by atoms with Gasteiger partial charge in [0, 0.05) is 6.54 Å². The molecule has 0 aliphatic carbocycles. The molecule has 0 bridgehead atoms. The number of benzene rings is 1. The first-order chi connectivity index (χ1) is 9.63. The van der Waals surface area contributed by atoms with E-state index in [4.69, 9.17) is 4.42 Å². The van der Waals surface area contributed by atoms with Crippen molar-refractivity contribution in [3.63, 3.8) is 0 Å². The average molecular weight is 278 g/mol. The number of hydrogen-bond acceptors (Lipinski definition) is 5. The molecule has 1 heterocycles. The molecule has 1 aromatic heterocycles. The van der Waals surface area contributed by atoms with Gasteiger partial charge in [-0.2, -0.15) is 0 Å². The van der Waals surface area contributed by atoms with Crippen LogP contribution in [0.2, 0.25) is 0 Å². The molecule has 0 atom stereocenters. The standard InChI is InChI=1S/C14H19FN4O/c1-10(2)7-16-9-13-18-19-14(20-13)17-8-11-4-3-5-12(15)6-11/h3-6,10,16H,7-9H2,1-2H3,(H,17,19). The van der Waals surface area contributed by atoms with Crippen molar-refractivity contribution >= 4 is 6.01 Å². The topological polar surface area (TPSA) is 63.0 Å². The van der Waals surface area contributed by atoms with E-state index in [1.165, 1.54) is 12.1 Å². The zero-order valence-electron chi connectivity index (χ0n) is 11.7. The first-order valence-electron chi connectivity index (χ1n) is 6.65. The molecular weight excluding hydrogens is 259 g/mol. The normalized spacial score (nSPS) is 11.0. The van der Waals surface area contributed by atoms with Gasteiger partial charge in [-0.15, -0.1) is 5.10 Å². The Bertz CT molecular complexity index is 541. The van der Waals surface area contributed by atoms with Crippen LogP contribution in [0.15, 0.2) is 28.7 Å². The molecule has 0 spiro atoms. The molecule has 1 aromatic carbocycles. The van der Waals surface area contributed by atoms with Crippen molar-refractivity contribution in [2.45, 2.75) is 26.9 Å². The second-order valence-corrected chi connectivity index (χ2v) is 5.01. The molecule has 2 N–H and O–H groups in total. The third-order valence-corrected chi connectivity index (χ3v) is 2.63. The highest BCUT2D eigenvalue weighted by Gasteiger charge is 2.05. The monoisotopic (exact) mass is 278 g/mol. The van der Waals surface area contributed by atoms with Gasteiger partial charge in [0.1, 0.15) is 5.82 Å². The zero-order valence-corrected chi connectivity index (χ0v) is 11.7. The molecule has 20 heavy (non-hydrogen) atoms. The summed E-state index contributed by atoms with van der Waals surface area (Å²) in [6.45, 7) is 6.15. The highest BCUT2D eigenvalue weighted by Crippen LogP contribution is 2.09. The Morgan fingerprint density at radius 2 is 2.10 bits per heavy atom. The quantitative estimate of drug-likeness (QED) is 0.815. The molecule has 0 aliphatic rings. The minimum atomic E-state index is -0.256. The lowest BCUT2D eigenvalue weighted by Gasteiger charge is -2.04. The largest absolute Gasteiger partial charge is 0.407 e. The lowest BCUT2D eigenvalue weighted by Crippen LogP contribution is -2.19. The smallest absolute Gasteiger partial charge is 0.315 e. The Balaban J connectivity index is 1.80. The summed E-state index contributed by atoms with van der Waals surface area (Å²) in [6, 6.07) is 6.72. The van der Waals surface area contributed by atoms with Gasteiger partial charge in [-0.05, 0) is 30.2 Å². The number of hydrogen-bond donors (Lipinski definition) is 2. The second kappa shape index (κ2) is 7.00. The highest BCUT2D eigenvalue weighted by molar-refractivity contribution is 5.24. The molecule has 108 valence electrons. The van der Waals surface area contributed by atoms with Crippen molar-refractivity contribution in [1.29, 1.82) is 0 Å². The number of nitrogens with zero attached hydrogens (tertiary/aromatic N) is 2. The lowest BCUT2D eigenvalue weighted by molar-refractivity contribution is 0.458. The van der Waals surface area contributed by atoms with Gasteiger partial charge in [-0.25, -0.2) is 4.39 Å². The molecule has 0 aliphatic heterocycles. The summed E-state index contributed by atoms with van der Waals surface area (Å²) < 4.78 is 18.4. The van der Waals surface area contributed by atoms with E-state index in [1.54, 1.807) is 6.07 Å². The van der Waals surface area contributed by atoms with Gasteiger partial charge >= 0.3 is 6.01 Å². The number of rotatable bonds is 7. The van der Waals surface area contributed by atoms with Crippen molar-refractivity contribution in [2.24, 2.45) is 5.92 Å². The van der Waals surface area contributed by atoms with E-state index in [-0.39, 0.29) is 5.82 Å². The van der Waals surface area contributed by atoms with Crippen molar-refractivity contribution in [1.82, 2.24) is 15.5 Å². The van der Waals surface area contributed by atoms with E-state index in [1.807, 2.05) is 6.07 Å². The van der Waals surface area contributed by atoms with Crippen molar-refractivity contribution < 1.29 is 8.81 Å². The maximum Gasteiger partial charge on any atom is 0.315 e. The SMILES string of the molecule is CC(C)CNCc1nnc(NCc2cccc(F)c2)o1. The van der Waals surface area contributed by atoms with E-state index < -0.39 is 0 Å². The van der Waals surface area contributed by atoms with E-state index in [2.05, 4.69) is 34.7 Å². The highest BCUT2D eigenvalue weighted by atomic mass is 19.1. The van der Waals surface area contributed by atoms with Crippen LogP contribution in [0.3, 0.4) is 0 Å². The minimum absolute atomic E-state index is 0.256. The van der Waals surface area contributed by atoms with Crippen LogP contribution in [0.25, 0.3) is 0 Å². The predicted octanol–water partition coefficient (Wildman–Crippen LogP) is 2.57. The van der Waals surface area contributed by atoms with Crippen molar-refractivity contribution in [2.75, 3.05) is 11.9 Å². The second-order valence-electron chi connectivity index (χ2n) is 5.01. The Morgan fingerprint density at radius 3 is 2.85 bits per heavy atom. The fourth-order valence-corrected chi connectivity index (χ4v) is 1.69. The molecule has 2 rings (SSSR count). The number of nitrogens with one attached hydrogen (secondary N) is 2. The number of anilines is 1. The first-order valence-corrected chi connectivity index (χ1v) is 6.65. The van der Waals surface area contributed by atoms with E-state index in [9.17, 15) is 4.39 Å². The summed E-state index contributed by atoms with van der Waals surface area (Å²) in [5, 5.41) is 14.0. The van der Waals surface area contributed by atoms with Gasteiger partial charge in [0.25, 0.3) is 0 Å². The van der Waals surface area contributed by atoms with Crippen molar-refractivity contribution in [3.05, 3.63) is 41.5 Å². The third kappa shape index (κ3) is 4.62. The minimum Gasteiger partial charge on any atom is -0.407 e. The average Bonchev–Trinajstić information content (AvgIpc) is 2.84. The van der Waals surface area contributed by atoms with Gasteiger partial charge in [0.05, 0.1) is 6.54 Å². The van der Waals surface area contributed by atoms with Crippen LogP contribution >= 0.6 is 0 Å². The number of halogens is 1.